The third-order valence-electron chi connectivity index (χ3n) is 5.78. The van der Waals surface area contributed by atoms with E-state index < -0.39 is 5.91 Å². The molecule has 2 amide bonds. The highest BCUT2D eigenvalue weighted by Gasteiger charge is 2.15. The van der Waals surface area contributed by atoms with E-state index in [0.29, 0.717) is 16.8 Å². The summed E-state index contributed by atoms with van der Waals surface area (Å²) in [5, 5.41) is 5.55. The quantitative estimate of drug-likeness (QED) is 0.211. The molecule has 0 radical (unpaired) electrons. The average Bonchev–Trinajstić information content (AvgIpc) is 2.92. The SMILES string of the molecule is Cc1cccc(/C=C(\NC(=O)c2ccccc2)C(=O)Nc2ccc(C(=O)/C=C/c3cccc(C)c3)cc2)c1. The van der Waals surface area contributed by atoms with Crippen molar-refractivity contribution in [3.8, 4) is 0 Å². The van der Waals surface area contributed by atoms with Crippen molar-refractivity contribution >= 4 is 35.4 Å². The summed E-state index contributed by atoms with van der Waals surface area (Å²) in [6.07, 6.45) is 4.95. The third-order valence-corrected chi connectivity index (χ3v) is 5.78. The smallest absolute Gasteiger partial charge is 0.272 e. The first-order chi connectivity index (χ1) is 18.4. The molecule has 38 heavy (non-hydrogen) atoms. The second kappa shape index (κ2) is 12.3. The molecule has 0 saturated heterocycles. The van der Waals surface area contributed by atoms with Gasteiger partial charge in [-0.2, -0.15) is 0 Å². The van der Waals surface area contributed by atoms with Gasteiger partial charge in [-0.1, -0.05) is 83.9 Å². The molecule has 4 aromatic carbocycles. The summed E-state index contributed by atoms with van der Waals surface area (Å²) in [7, 11) is 0. The van der Waals surface area contributed by atoms with Crippen molar-refractivity contribution in [2.75, 3.05) is 5.32 Å². The van der Waals surface area contributed by atoms with Crippen molar-refractivity contribution in [1.29, 1.82) is 0 Å². The van der Waals surface area contributed by atoms with Crippen LogP contribution in [0.3, 0.4) is 0 Å². The predicted molar refractivity (Wildman–Crippen MR) is 153 cm³/mol. The van der Waals surface area contributed by atoms with Gasteiger partial charge in [0.25, 0.3) is 11.8 Å². The van der Waals surface area contributed by atoms with Gasteiger partial charge in [-0.3, -0.25) is 14.4 Å². The summed E-state index contributed by atoms with van der Waals surface area (Å²) in [4.78, 5) is 38.6. The van der Waals surface area contributed by atoms with Gasteiger partial charge in [0.2, 0.25) is 0 Å². The molecule has 0 aliphatic carbocycles. The van der Waals surface area contributed by atoms with E-state index in [-0.39, 0.29) is 17.4 Å². The number of carbonyl (C=O) groups is 3. The highest BCUT2D eigenvalue weighted by atomic mass is 16.2. The van der Waals surface area contributed by atoms with Crippen LogP contribution in [0.1, 0.15) is 43.0 Å². The van der Waals surface area contributed by atoms with Crippen LogP contribution in [-0.4, -0.2) is 17.6 Å². The van der Waals surface area contributed by atoms with Gasteiger partial charge in [0.15, 0.2) is 5.78 Å². The Bertz CT molecular complexity index is 1520. The first kappa shape index (κ1) is 26.0. The molecular formula is C33H28N2O3. The number of carbonyl (C=O) groups excluding carboxylic acids is 3. The molecule has 4 rings (SSSR count). The molecule has 5 heteroatoms. The van der Waals surface area contributed by atoms with Gasteiger partial charge in [-0.25, -0.2) is 0 Å². The summed E-state index contributed by atoms with van der Waals surface area (Å²) in [5.41, 5.74) is 5.43. The van der Waals surface area contributed by atoms with Crippen molar-refractivity contribution in [3.63, 3.8) is 0 Å². The minimum absolute atomic E-state index is 0.102. The molecule has 0 atom stereocenters. The van der Waals surface area contributed by atoms with Crippen LogP contribution in [0, 0.1) is 13.8 Å². The average molecular weight is 501 g/mol. The fourth-order valence-corrected chi connectivity index (χ4v) is 3.83. The molecule has 0 heterocycles. The third kappa shape index (κ3) is 7.24. The number of aryl methyl sites for hydroxylation is 2. The van der Waals surface area contributed by atoms with Crippen molar-refractivity contribution in [2.24, 2.45) is 0 Å². The lowest BCUT2D eigenvalue weighted by Crippen LogP contribution is -2.30. The van der Waals surface area contributed by atoms with Crippen LogP contribution in [-0.2, 0) is 4.79 Å². The van der Waals surface area contributed by atoms with Crippen molar-refractivity contribution in [2.45, 2.75) is 13.8 Å². The van der Waals surface area contributed by atoms with Gasteiger partial charge in [-0.15, -0.1) is 0 Å². The molecular weight excluding hydrogens is 472 g/mol. The van der Waals surface area contributed by atoms with E-state index in [2.05, 4.69) is 10.6 Å². The fourth-order valence-electron chi connectivity index (χ4n) is 3.83. The van der Waals surface area contributed by atoms with Crippen molar-refractivity contribution in [1.82, 2.24) is 5.32 Å². The molecule has 0 aromatic heterocycles. The Morgan fingerprint density at radius 1 is 0.658 bits per heavy atom. The minimum atomic E-state index is -0.478. The van der Waals surface area contributed by atoms with Crippen molar-refractivity contribution in [3.05, 3.63) is 148 Å². The fraction of sp³-hybridized carbons (Fsp3) is 0.0606. The monoisotopic (exact) mass is 500 g/mol. The molecule has 188 valence electrons. The van der Waals surface area contributed by atoms with Gasteiger partial charge in [0.1, 0.15) is 5.70 Å². The van der Waals surface area contributed by atoms with Crippen molar-refractivity contribution < 1.29 is 14.4 Å². The van der Waals surface area contributed by atoms with Crippen LogP contribution in [0.2, 0.25) is 0 Å². The number of anilines is 1. The lowest BCUT2D eigenvalue weighted by molar-refractivity contribution is -0.113. The maximum Gasteiger partial charge on any atom is 0.272 e. The maximum atomic E-state index is 13.2. The van der Waals surface area contributed by atoms with E-state index in [1.54, 1.807) is 60.7 Å². The second-order valence-corrected chi connectivity index (χ2v) is 8.94. The van der Waals surface area contributed by atoms with Gasteiger partial charge >= 0.3 is 0 Å². The Morgan fingerprint density at radius 2 is 1.29 bits per heavy atom. The van der Waals surface area contributed by atoms with Crippen LogP contribution >= 0.6 is 0 Å². The summed E-state index contributed by atoms with van der Waals surface area (Å²) in [6, 6.07) is 30.9. The normalized spacial score (nSPS) is 11.3. The zero-order valence-corrected chi connectivity index (χ0v) is 21.3. The molecule has 0 saturated carbocycles. The Labute approximate surface area is 222 Å². The van der Waals surface area contributed by atoms with Gasteiger partial charge < -0.3 is 10.6 Å². The molecule has 0 unspecified atom stereocenters. The highest BCUT2D eigenvalue weighted by Crippen LogP contribution is 2.15. The molecule has 0 aliphatic rings. The first-order valence-corrected chi connectivity index (χ1v) is 12.2. The van der Waals surface area contributed by atoms with Gasteiger partial charge in [0.05, 0.1) is 0 Å². The summed E-state index contributed by atoms with van der Waals surface area (Å²) >= 11 is 0. The molecule has 0 fully saturated rings. The number of hydrogen-bond donors (Lipinski definition) is 2. The van der Waals surface area contributed by atoms with E-state index >= 15 is 0 Å². The summed E-state index contributed by atoms with van der Waals surface area (Å²) in [5.74, 6) is -1.00. The van der Waals surface area contributed by atoms with Gasteiger partial charge in [-0.05, 0) is 73.5 Å². The Balaban J connectivity index is 1.49. The largest absolute Gasteiger partial charge is 0.321 e. The first-order valence-electron chi connectivity index (χ1n) is 12.2. The van der Waals surface area contributed by atoms with E-state index in [4.69, 9.17) is 0 Å². The highest BCUT2D eigenvalue weighted by molar-refractivity contribution is 6.11. The van der Waals surface area contributed by atoms with Crippen LogP contribution < -0.4 is 10.6 Å². The standard InChI is InChI=1S/C33H28N2O3/c1-23-8-6-10-25(20-23)14-19-31(36)27-15-17-29(18-16-27)34-33(38)30(22-26-11-7-9-24(2)21-26)35-32(37)28-12-4-3-5-13-28/h3-22H,1-2H3,(H,34,38)(H,35,37)/b19-14+,30-22-. The van der Waals surface area contributed by atoms with Crippen LogP contribution in [0.25, 0.3) is 12.2 Å². The Kier molecular flexibility index (Phi) is 8.42. The summed E-state index contributed by atoms with van der Waals surface area (Å²) in [6.45, 7) is 3.96. The lowest BCUT2D eigenvalue weighted by atomic mass is 10.1. The summed E-state index contributed by atoms with van der Waals surface area (Å²) < 4.78 is 0. The topological polar surface area (TPSA) is 75.3 Å². The van der Waals surface area contributed by atoms with E-state index in [0.717, 1.165) is 22.3 Å². The number of allylic oxidation sites excluding steroid dienone is 1. The molecule has 2 N–H and O–H groups in total. The van der Waals surface area contributed by atoms with E-state index in [9.17, 15) is 14.4 Å². The number of nitrogens with one attached hydrogen (secondary N) is 2. The molecule has 4 aromatic rings. The minimum Gasteiger partial charge on any atom is -0.321 e. The zero-order valence-electron chi connectivity index (χ0n) is 21.3. The Morgan fingerprint density at radius 3 is 1.95 bits per heavy atom. The van der Waals surface area contributed by atoms with E-state index in [1.807, 2.05) is 68.4 Å². The van der Waals surface area contributed by atoms with E-state index in [1.165, 1.54) is 6.08 Å². The molecule has 5 nitrogen and oxygen atoms in total. The van der Waals surface area contributed by atoms with Crippen LogP contribution in [0.15, 0.2) is 115 Å². The zero-order chi connectivity index (χ0) is 26.9. The number of rotatable bonds is 8. The second-order valence-electron chi connectivity index (χ2n) is 8.94. The van der Waals surface area contributed by atoms with Gasteiger partial charge in [0, 0.05) is 16.8 Å². The van der Waals surface area contributed by atoms with Crippen LogP contribution in [0.4, 0.5) is 5.69 Å². The number of amides is 2. The number of hydrogen-bond acceptors (Lipinski definition) is 3. The Hall–Kier alpha value is -5.03. The van der Waals surface area contributed by atoms with Crippen LogP contribution in [0.5, 0.6) is 0 Å². The maximum absolute atomic E-state index is 13.2. The lowest BCUT2D eigenvalue weighted by Gasteiger charge is -2.12. The molecule has 0 spiro atoms. The molecule has 0 aliphatic heterocycles. The molecule has 0 bridgehead atoms. The number of ketones is 1. The predicted octanol–water partition coefficient (Wildman–Crippen LogP) is 6.61. The number of benzene rings is 4.